The number of benzene rings is 1. The maximum Gasteiger partial charge on any atom is 0.0813 e. The first-order chi connectivity index (χ1) is 9.03. The molecule has 0 amide bonds. The van der Waals surface area contributed by atoms with Crippen molar-refractivity contribution >= 4 is 8.07 Å². The molecule has 1 aliphatic rings. The molecule has 3 heteroatoms. The lowest BCUT2D eigenvalue weighted by molar-refractivity contribution is -0.0145. The van der Waals surface area contributed by atoms with Gasteiger partial charge >= 0.3 is 0 Å². The van der Waals surface area contributed by atoms with Crippen molar-refractivity contribution in [1.29, 1.82) is 0 Å². The molecule has 0 unspecified atom stereocenters. The van der Waals surface area contributed by atoms with Gasteiger partial charge in [0.05, 0.1) is 25.4 Å². The quantitative estimate of drug-likeness (QED) is 0.730. The van der Waals surface area contributed by atoms with Crippen molar-refractivity contribution in [3.05, 3.63) is 35.9 Å². The minimum Gasteiger partial charge on any atom is -0.374 e. The van der Waals surface area contributed by atoms with Gasteiger partial charge in [-0.2, -0.15) is 0 Å². The average Bonchev–Trinajstić information content (AvgIpc) is 2.76. The van der Waals surface area contributed by atoms with E-state index in [0.29, 0.717) is 18.8 Å². The second-order valence-electron chi connectivity index (χ2n) is 6.72. The third-order valence-electron chi connectivity index (χ3n) is 3.45. The van der Waals surface area contributed by atoms with Gasteiger partial charge in [-0.05, 0) is 24.4 Å². The summed E-state index contributed by atoms with van der Waals surface area (Å²) in [7, 11) is -1.00. The predicted octanol–water partition coefficient (Wildman–Crippen LogP) is 4.09. The number of hydrogen-bond acceptors (Lipinski definition) is 2. The Balaban J connectivity index is 1.66. The van der Waals surface area contributed by atoms with Crippen molar-refractivity contribution in [3.8, 4) is 0 Å². The fraction of sp³-hybridized carbons (Fsp3) is 0.625. The van der Waals surface area contributed by atoms with E-state index in [1.54, 1.807) is 0 Å². The molecule has 0 aliphatic carbocycles. The van der Waals surface area contributed by atoms with Crippen LogP contribution in [0.2, 0.25) is 25.7 Å². The highest BCUT2D eigenvalue weighted by molar-refractivity contribution is 6.76. The number of hydrogen-bond donors (Lipinski definition) is 0. The van der Waals surface area contributed by atoms with E-state index < -0.39 is 8.07 Å². The molecule has 0 bridgehead atoms. The van der Waals surface area contributed by atoms with Gasteiger partial charge in [-0.15, -0.1) is 0 Å². The summed E-state index contributed by atoms with van der Waals surface area (Å²) in [5.74, 6) is 0. The van der Waals surface area contributed by atoms with Crippen LogP contribution in [0.25, 0.3) is 0 Å². The summed E-state index contributed by atoms with van der Waals surface area (Å²) >= 11 is 0. The summed E-state index contributed by atoms with van der Waals surface area (Å²) in [5.41, 5.74) is 1.24. The molecule has 1 aliphatic heterocycles. The van der Waals surface area contributed by atoms with E-state index in [-0.39, 0.29) is 0 Å². The van der Waals surface area contributed by atoms with Gasteiger partial charge in [0, 0.05) is 8.07 Å². The number of ether oxygens (including phenoxy) is 2. The Bertz CT molecular complexity index is 372. The minimum absolute atomic E-state index is 0.310. The van der Waals surface area contributed by atoms with Crippen LogP contribution in [0.1, 0.15) is 18.4 Å². The van der Waals surface area contributed by atoms with Crippen LogP contribution in [0.5, 0.6) is 0 Å². The van der Waals surface area contributed by atoms with Gasteiger partial charge in [-0.3, -0.25) is 0 Å². The van der Waals surface area contributed by atoms with Crippen molar-refractivity contribution in [3.63, 3.8) is 0 Å². The molecule has 1 aromatic carbocycles. The highest BCUT2D eigenvalue weighted by atomic mass is 28.3. The SMILES string of the molecule is C[Si](C)(C)C[C@H]1CC[C@@H](COCc2ccccc2)O1. The van der Waals surface area contributed by atoms with Crippen LogP contribution < -0.4 is 0 Å². The summed E-state index contributed by atoms with van der Waals surface area (Å²) in [4.78, 5) is 0. The summed E-state index contributed by atoms with van der Waals surface area (Å²) in [6.45, 7) is 8.66. The Morgan fingerprint density at radius 2 is 1.79 bits per heavy atom. The van der Waals surface area contributed by atoms with E-state index in [2.05, 4.69) is 43.9 Å². The summed E-state index contributed by atoms with van der Waals surface area (Å²) in [5, 5.41) is 0. The van der Waals surface area contributed by atoms with Crippen LogP contribution in [-0.2, 0) is 16.1 Å². The predicted molar refractivity (Wildman–Crippen MR) is 82.1 cm³/mol. The standard InChI is InChI=1S/C16H26O2Si/c1-19(2,3)13-16-10-9-15(18-16)12-17-11-14-7-5-4-6-8-14/h4-8,15-16H,9-13H2,1-3H3/t15-,16+/m0/s1. The van der Waals surface area contributed by atoms with E-state index in [0.717, 1.165) is 13.0 Å². The van der Waals surface area contributed by atoms with Crippen LogP contribution in [-0.4, -0.2) is 26.9 Å². The summed E-state index contributed by atoms with van der Waals surface area (Å²) in [6.07, 6.45) is 3.16. The zero-order chi connectivity index (χ0) is 13.7. The van der Waals surface area contributed by atoms with Gasteiger partial charge < -0.3 is 9.47 Å². The van der Waals surface area contributed by atoms with E-state index in [1.807, 2.05) is 6.07 Å². The van der Waals surface area contributed by atoms with Gasteiger partial charge in [0.15, 0.2) is 0 Å². The molecule has 0 spiro atoms. The molecule has 0 radical (unpaired) electrons. The first-order valence-corrected chi connectivity index (χ1v) is 11.0. The van der Waals surface area contributed by atoms with Crippen molar-refractivity contribution in [1.82, 2.24) is 0 Å². The molecule has 0 N–H and O–H groups in total. The fourth-order valence-corrected chi connectivity index (χ4v) is 4.28. The molecule has 1 heterocycles. The molecule has 1 fully saturated rings. The first kappa shape index (κ1) is 14.8. The molecule has 0 saturated carbocycles. The average molecular weight is 278 g/mol. The van der Waals surface area contributed by atoms with Crippen LogP contribution in [0, 0.1) is 0 Å². The monoisotopic (exact) mass is 278 g/mol. The maximum absolute atomic E-state index is 6.09. The zero-order valence-electron chi connectivity index (χ0n) is 12.4. The Morgan fingerprint density at radius 1 is 1.11 bits per heavy atom. The largest absolute Gasteiger partial charge is 0.374 e. The zero-order valence-corrected chi connectivity index (χ0v) is 13.4. The fourth-order valence-electron chi connectivity index (χ4n) is 2.62. The van der Waals surface area contributed by atoms with Gasteiger partial charge in [0.1, 0.15) is 0 Å². The van der Waals surface area contributed by atoms with Crippen molar-refractivity contribution in [2.24, 2.45) is 0 Å². The Labute approximate surface area is 118 Å². The lowest BCUT2D eigenvalue weighted by Crippen LogP contribution is -2.27. The Morgan fingerprint density at radius 3 is 2.47 bits per heavy atom. The third-order valence-corrected chi connectivity index (χ3v) is 5.13. The lowest BCUT2D eigenvalue weighted by atomic mass is 10.2. The van der Waals surface area contributed by atoms with E-state index >= 15 is 0 Å². The van der Waals surface area contributed by atoms with E-state index in [1.165, 1.54) is 18.0 Å². The minimum atomic E-state index is -1.00. The highest BCUT2D eigenvalue weighted by Crippen LogP contribution is 2.27. The van der Waals surface area contributed by atoms with Crippen LogP contribution in [0.3, 0.4) is 0 Å². The summed E-state index contributed by atoms with van der Waals surface area (Å²) in [6, 6.07) is 11.6. The van der Waals surface area contributed by atoms with E-state index in [9.17, 15) is 0 Å². The molecule has 1 aromatic rings. The maximum atomic E-state index is 6.09. The van der Waals surface area contributed by atoms with Gasteiger partial charge in [0.25, 0.3) is 0 Å². The third kappa shape index (κ3) is 5.47. The molecule has 1 saturated heterocycles. The molecule has 2 rings (SSSR count). The lowest BCUT2D eigenvalue weighted by Gasteiger charge is -2.21. The Hall–Kier alpha value is -0.643. The molecule has 106 valence electrons. The second-order valence-corrected chi connectivity index (χ2v) is 12.3. The molecule has 19 heavy (non-hydrogen) atoms. The van der Waals surface area contributed by atoms with Crippen LogP contribution in [0.15, 0.2) is 30.3 Å². The molecular formula is C16H26O2Si. The van der Waals surface area contributed by atoms with Crippen LogP contribution in [0.4, 0.5) is 0 Å². The molecule has 2 nitrogen and oxygen atoms in total. The molecule has 0 aromatic heterocycles. The first-order valence-electron chi connectivity index (χ1n) is 7.30. The smallest absolute Gasteiger partial charge is 0.0813 e. The van der Waals surface area contributed by atoms with Crippen molar-refractivity contribution in [2.45, 2.75) is 57.3 Å². The Kier molecular flexibility index (Phi) is 5.19. The molecular weight excluding hydrogens is 252 g/mol. The van der Waals surface area contributed by atoms with E-state index in [4.69, 9.17) is 9.47 Å². The highest BCUT2D eigenvalue weighted by Gasteiger charge is 2.29. The molecule has 2 atom stereocenters. The van der Waals surface area contributed by atoms with Crippen LogP contribution >= 0.6 is 0 Å². The van der Waals surface area contributed by atoms with Gasteiger partial charge in [-0.1, -0.05) is 50.0 Å². The number of rotatable bonds is 6. The van der Waals surface area contributed by atoms with Gasteiger partial charge in [-0.25, -0.2) is 0 Å². The van der Waals surface area contributed by atoms with Gasteiger partial charge in [0.2, 0.25) is 0 Å². The van der Waals surface area contributed by atoms with Crippen molar-refractivity contribution in [2.75, 3.05) is 6.61 Å². The topological polar surface area (TPSA) is 18.5 Å². The second kappa shape index (κ2) is 6.68. The van der Waals surface area contributed by atoms with Crippen molar-refractivity contribution < 1.29 is 9.47 Å². The normalized spacial score (nSPS) is 23.7. The summed E-state index contributed by atoms with van der Waals surface area (Å²) < 4.78 is 11.9.